The van der Waals surface area contributed by atoms with E-state index in [2.05, 4.69) is 26.1 Å². The first-order chi connectivity index (χ1) is 8.49. The summed E-state index contributed by atoms with van der Waals surface area (Å²) in [5, 5.41) is 14.2. The Morgan fingerprint density at radius 2 is 2.06 bits per heavy atom. The van der Waals surface area contributed by atoms with E-state index in [9.17, 15) is 10.1 Å². The van der Waals surface area contributed by atoms with Crippen molar-refractivity contribution in [1.29, 1.82) is 0 Å². The van der Waals surface area contributed by atoms with Crippen molar-refractivity contribution in [3.05, 3.63) is 27.1 Å². The van der Waals surface area contributed by atoms with Gasteiger partial charge >= 0.3 is 5.00 Å². The maximum Gasteiger partial charge on any atom is 0.324 e. The summed E-state index contributed by atoms with van der Waals surface area (Å²) in [6.45, 7) is 7.37. The first-order valence-corrected chi connectivity index (χ1v) is 7.27. The first-order valence-electron chi connectivity index (χ1n) is 6.45. The van der Waals surface area contributed by atoms with Crippen LogP contribution in [0.2, 0.25) is 0 Å². The molecule has 0 aromatic carbocycles. The molecule has 18 heavy (non-hydrogen) atoms. The van der Waals surface area contributed by atoms with Crippen LogP contribution in [0.1, 0.15) is 44.9 Å². The summed E-state index contributed by atoms with van der Waals surface area (Å²) in [5.74, 6) is 0.761. The van der Waals surface area contributed by atoms with Gasteiger partial charge in [-0.05, 0) is 25.3 Å². The van der Waals surface area contributed by atoms with E-state index in [0.29, 0.717) is 6.04 Å². The van der Waals surface area contributed by atoms with Gasteiger partial charge in [0.15, 0.2) is 0 Å². The third-order valence-electron chi connectivity index (χ3n) is 2.87. The van der Waals surface area contributed by atoms with E-state index >= 15 is 0 Å². The molecule has 4 nitrogen and oxygen atoms in total. The number of nitrogens with one attached hydrogen (secondary N) is 1. The Balaban J connectivity index is 2.24. The molecule has 1 heterocycles. The van der Waals surface area contributed by atoms with Crippen LogP contribution in [0.3, 0.4) is 0 Å². The van der Waals surface area contributed by atoms with E-state index in [-0.39, 0.29) is 9.92 Å². The Kier molecular flexibility index (Phi) is 6.29. The fraction of sp³-hybridized carbons (Fsp3) is 0.692. The number of rotatable bonds is 8. The van der Waals surface area contributed by atoms with Crippen molar-refractivity contribution in [1.82, 2.24) is 5.32 Å². The van der Waals surface area contributed by atoms with E-state index < -0.39 is 0 Å². The van der Waals surface area contributed by atoms with Gasteiger partial charge in [-0.25, -0.2) is 0 Å². The van der Waals surface area contributed by atoms with Crippen LogP contribution >= 0.6 is 11.3 Å². The molecule has 0 aliphatic carbocycles. The van der Waals surface area contributed by atoms with Crippen molar-refractivity contribution in [2.75, 3.05) is 0 Å². The van der Waals surface area contributed by atoms with E-state index in [1.54, 1.807) is 6.07 Å². The number of hydrogen-bond acceptors (Lipinski definition) is 4. The third kappa shape index (κ3) is 5.60. The molecule has 102 valence electrons. The minimum atomic E-state index is -0.333. The van der Waals surface area contributed by atoms with E-state index in [1.807, 2.05) is 6.07 Å². The Labute approximate surface area is 113 Å². The average molecular weight is 270 g/mol. The van der Waals surface area contributed by atoms with Gasteiger partial charge in [0.05, 0.1) is 4.92 Å². The minimum absolute atomic E-state index is 0.222. The molecule has 0 radical (unpaired) electrons. The van der Waals surface area contributed by atoms with Crippen LogP contribution in [0, 0.1) is 16.0 Å². The van der Waals surface area contributed by atoms with Crippen molar-refractivity contribution in [3.63, 3.8) is 0 Å². The van der Waals surface area contributed by atoms with Gasteiger partial charge < -0.3 is 5.32 Å². The minimum Gasteiger partial charge on any atom is -0.309 e. The Hall–Kier alpha value is -0.940. The van der Waals surface area contributed by atoms with Crippen molar-refractivity contribution in [2.45, 2.75) is 52.6 Å². The van der Waals surface area contributed by atoms with Gasteiger partial charge in [0.25, 0.3) is 0 Å². The lowest BCUT2D eigenvalue weighted by atomic mass is 10.0. The molecule has 0 aliphatic heterocycles. The highest BCUT2D eigenvalue weighted by Gasteiger charge is 2.10. The molecule has 0 bridgehead atoms. The summed E-state index contributed by atoms with van der Waals surface area (Å²) in [6, 6.07) is 3.87. The quantitative estimate of drug-likeness (QED) is 0.574. The first kappa shape index (κ1) is 15.1. The predicted molar refractivity (Wildman–Crippen MR) is 76.0 cm³/mol. The zero-order valence-electron chi connectivity index (χ0n) is 11.3. The normalized spacial score (nSPS) is 12.9. The molecule has 5 heteroatoms. The van der Waals surface area contributed by atoms with Crippen LogP contribution in [-0.4, -0.2) is 11.0 Å². The molecule has 1 aromatic heterocycles. The number of hydrogen-bond donors (Lipinski definition) is 1. The fourth-order valence-electron chi connectivity index (χ4n) is 1.77. The molecule has 1 unspecified atom stereocenters. The lowest BCUT2D eigenvalue weighted by molar-refractivity contribution is -0.380. The van der Waals surface area contributed by atoms with Crippen molar-refractivity contribution < 1.29 is 4.92 Å². The van der Waals surface area contributed by atoms with Crippen molar-refractivity contribution in [3.8, 4) is 0 Å². The molecule has 1 aromatic rings. The summed E-state index contributed by atoms with van der Waals surface area (Å²) in [7, 11) is 0. The molecular formula is C13H22N2O2S. The van der Waals surface area contributed by atoms with E-state index in [4.69, 9.17) is 0 Å². The molecule has 0 saturated heterocycles. The Morgan fingerprint density at radius 1 is 1.33 bits per heavy atom. The lowest BCUT2D eigenvalue weighted by Crippen LogP contribution is -2.24. The van der Waals surface area contributed by atoms with Crippen LogP contribution in [0.25, 0.3) is 0 Å². The largest absolute Gasteiger partial charge is 0.324 e. The highest BCUT2D eigenvalue weighted by atomic mass is 32.1. The molecule has 0 amide bonds. The molecule has 1 atom stereocenters. The van der Waals surface area contributed by atoms with Gasteiger partial charge in [-0.15, -0.1) is 0 Å². The third-order valence-corrected chi connectivity index (χ3v) is 3.91. The second kappa shape index (κ2) is 7.48. The van der Waals surface area contributed by atoms with Crippen LogP contribution in [0.4, 0.5) is 5.00 Å². The van der Waals surface area contributed by atoms with Gasteiger partial charge in [-0.2, -0.15) is 0 Å². The summed E-state index contributed by atoms with van der Waals surface area (Å²) < 4.78 is 0. The highest BCUT2D eigenvalue weighted by Crippen LogP contribution is 2.23. The topological polar surface area (TPSA) is 55.2 Å². The van der Waals surface area contributed by atoms with Gasteiger partial charge in [0.2, 0.25) is 0 Å². The highest BCUT2D eigenvalue weighted by molar-refractivity contribution is 7.15. The standard InChI is InChI=1S/C13H22N2O2S/c1-10(2)5-4-6-11(3)14-9-12-7-8-13(18-12)15(16)17/h7-8,10-11,14H,4-6,9H2,1-3H3. The molecule has 1 rings (SSSR count). The maximum atomic E-state index is 10.6. The van der Waals surface area contributed by atoms with Crippen LogP contribution in [0.15, 0.2) is 12.1 Å². The van der Waals surface area contributed by atoms with Gasteiger partial charge in [0.1, 0.15) is 0 Å². The lowest BCUT2D eigenvalue weighted by Gasteiger charge is -2.13. The Bertz CT molecular complexity index is 377. The second-order valence-electron chi connectivity index (χ2n) is 5.10. The fourth-order valence-corrected chi connectivity index (χ4v) is 2.54. The second-order valence-corrected chi connectivity index (χ2v) is 6.25. The SMILES string of the molecule is CC(C)CCCC(C)NCc1ccc([N+](=O)[O-])s1. The van der Waals surface area contributed by atoms with Crippen LogP contribution in [-0.2, 0) is 6.54 Å². The van der Waals surface area contributed by atoms with Crippen molar-refractivity contribution >= 4 is 16.3 Å². The molecule has 0 fully saturated rings. The zero-order valence-corrected chi connectivity index (χ0v) is 12.1. The summed E-state index contributed by atoms with van der Waals surface area (Å²) in [4.78, 5) is 11.2. The molecule has 0 aliphatic rings. The number of nitrogens with zero attached hydrogens (tertiary/aromatic N) is 1. The smallest absolute Gasteiger partial charge is 0.309 e. The molecule has 0 spiro atoms. The average Bonchev–Trinajstić information content (AvgIpc) is 2.74. The Morgan fingerprint density at radius 3 is 2.61 bits per heavy atom. The summed E-state index contributed by atoms with van der Waals surface area (Å²) in [5.41, 5.74) is 0. The van der Waals surface area contributed by atoms with E-state index in [0.717, 1.165) is 23.8 Å². The summed E-state index contributed by atoms with van der Waals surface area (Å²) >= 11 is 1.25. The number of thiophene rings is 1. The summed E-state index contributed by atoms with van der Waals surface area (Å²) in [6.07, 6.45) is 3.65. The van der Waals surface area contributed by atoms with Crippen LogP contribution < -0.4 is 5.32 Å². The molecule has 1 N–H and O–H groups in total. The zero-order chi connectivity index (χ0) is 13.5. The van der Waals surface area contributed by atoms with Gasteiger partial charge in [0, 0.05) is 23.5 Å². The monoisotopic (exact) mass is 270 g/mol. The maximum absolute atomic E-state index is 10.6. The van der Waals surface area contributed by atoms with Crippen LogP contribution in [0.5, 0.6) is 0 Å². The van der Waals surface area contributed by atoms with Gasteiger partial charge in [-0.3, -0.25) is 10.1 Å². The number of nitro groups is 1. The predicted octanol–water partition coefficient (Wildman–Crippen LogP) is 3.96. The van der Waals surface area contributed by atoms with E-state index in [1.165, 1.54) is 24.2 Å². The van der Waals surface area contributed by atoms with Crippen molar-refractivity contribution in [2.24, 2.45) is 5.92 Å². The molecule has 0 saturated carbocycles. The van der Waals surface area contributed by atoms with Gasteiger partial charge in [-0.1, -0.05) is 38.0 Å². The molecular weight excluding hydrogens is 248 g/mol.